The molecule has 0 aromatic heterocycles. The molecule has 1 fully saturated rings. The molecule has 0 amide bonds. The predicted octanol–water partition coefficient (Wildman–Crippen LogP) is 3.79. The molecular weight excluding hydrogens is 234 g/mol. The number of ether oxygens (including phenoxy) is 1. The van der Waals surface area contributed by atoms with Crippen molar-refractivity contribution in [3.8, 4) is 5.75 Å². The molecule has 0 radical (unpaired) electrons. The molecule has 1 aromatic carbocycles. The average Bonchev–Trinajstić information content (AvgIpc) is 2.39. The van der Waals surface area contributed by atoms with Gasteiger partial charge in [-0.2, -0.15) is 0 Å². The molecule has 1 N–H and O–H groups in total. The molecular formula is C17H27NO. The van der Waals surface area contributed by atoms with Gasteiger partial charge in [-0.05, 0) is 49.8 Å². The lowest BCUT2D eigenvalue weighted by atomic mass is 9.86. The van der Waals surface area contributed by atoms with Gasteiger partial charge in [0.15, 0.2) is 0 Å². The Bertz CT molecular complexity index is 373. The van der Waals surface area contributed by atoms with Gasteiger partial charge in [0.2, 0.25) is 0 Å². The van der Waals surface area contributed by atoms with Crippen LogP contribution in [0.15, 0.2) is 24.3 Å². The van der Waals surface area contributed by atoms with E-state index in [1.807, 2.05) is 12.1 Å². The summed E-state index contributed by atoms with van der Waals surface area (Å²) in [6.07, 6.45) is 6.57. The van der Waals surface area contributed by atoms with Crippen LogP contribution in [0, 0.1) is 5.92 Å². The van der Waals surface area contributed by atoms with Gasteiger partial charge in [0.1, 0.15) is 5.75 Å². The number of hydrogen-bond donors (Lipinski definition) is 1. The molecule has 2 rings (SSSR count). The van der Waals surface area contributed by atoms with Crippen LogP contribution in [0.2, 0.25) is 0 Å². The second-order valence-electron chi connectivity index (χ2n) is 6.09. The van der Waals surface area contributed by atoms with E-state index in [2.05, 4.69) is 31.3 Å². The molecule has 19 heavy (non-hydrogen) atoms. The van der Waals surface area contributed by atoms with E-state index in [0.29, 0.717) is 6.04 Å². The van der Waals surface area contributed by atoms with Crippen LogP contribution in [-0.2, 0) is 6.42 Å². The monoisotopic (exact) mass is 261 g/mol. The smallest absolute Gasteiger partial charge is 0.118 e. The third-order valence-electron chi connectivity index (χ3n) is 4.16. The minimum Gasteiger partial charge on any atom is -0.497 e. The summed E-state index contributed by atoms with van der Waals surface area (Å²) < 4.78 is 5.19. The summed E-state index contributed by atoms with van der Waals surface area (Å²) in [6.45, 7) is 4.67. The summed E-state index contributed by atoms with van der Waals surface area (Å²) in [7, 11) is 1.71. The predicted molar refractivity (Wildman–Crippen MR) is 80.7 cm³/mol. The molecule has 2 nitrogen and oxygen atoms in total. The standard InChI is InChI=1S/C17H27NO/c1-13-5-4-6-16(11-13)18-14(2)12-15-7-9-17(19-3)10-8-15/h7-10,13-14,16,18H,4-6,11-12H2,1-3H3. The normalized spacial score (nSPS) is 25.0. The van der Waals surface area contributed by atoms with Gasteiger partial charge in [-0.3, -0.25) is 0 Å². The van der Waals surface area contributed by atoms with Crippen LogP contribution in [0.25, 0.3) is 0 Å². The Balaban J connectivity index is 1.81. The van der Waals surface area contributed by atoms with E-state index in [0.717, 1.165) is 24.1 Å². The fraction of sp³-hybridized carbons (Fsp3) is 0.647. The zero-order chi connectivity index (χ0) is 13.7. The Kier molecular flexibility index (Phi) is 5.26. The fourth-order valence-corrected chi connectivity index (χ4v) is 3.16. The van der Waals surface area contributed by atoms with Crippen molar-refractivity contribution in [3.63, 3.8) is 0 Å². The van der Waals surface area contributed by atoms with Crippen molar-refractivity contribution < 1.29 is 4.74 Å². The first kappa shape index (κ1) is 14.4. The lowest BCUT2D eigenvalue weighted by molar-refractivity contribution is 0.284. The summed E-state index contributed by atoms with van der Waals surface area (Å²) in [5.74, 6) is 1.82. The first-order chi connectivity index (χ1) is 9.17. The van der Waals surface area contributed by atoms with Crippen LogP contribution >= 0.6 is 0 Å². The van der Waals surface area contributed by atoms with Crippen molar-refractivity contribution in [2.75, 3.05) is 7.11 Å². The topological polar surface area (TPSA) is 21.3 Å². The lowest BCUT2D eigenvalue weighted by Gasteiger charge is -2.30. The zero-order valence-electron chi connectivity index (χ0n) is 12.5. The fourth-order valence-electron chi connectivity index (χ4n) is 3.16. The molecule has 1 aromatic rings. The van der Waals surface area contributed by atoms with E-state index >= 15 is 0 Å². The maximum Gasteiger partial charge on any atom is 0.118 e. The highest BCUT2D eigenvalue weighted by Crippen LogP contribution is 2.24. The van der Waals surface area contributed by atoms with E-state index in [-0.39, 0.29) is 0 Å². The highest BCUT2D eigenvalue weighted by molar-refractivity contribution is 5.27. The summed E-state index contributed by atoms with van der Waals surface area (Å²) >= 11 is 0. The SMILES string of the molecule is COc1ccc(CC(C)NC2CCCC(C)C2)cc1. The second kappa shape index (κ2) is 6.95. The van der Waals surface area contributed by atoms with Crippen LogP contribution in [0.1, 0.15) is 45.1 Å². The molecule has 2 heteroatoms. The third-order valence-corrected chi connectivity index (χ3v) is 4.16. The number of benzene rings is 1. The number of nitrogens with one attached hydrogen (secondary N) is 1. The lowest BCUT2D eigenvalue weighted by Crippen LogP contribution is -2.40. The maximum atomic E-state index is 5.19. The number of methoxy groups -OCH3 is 1. The van der Waals surface area contributed by atoms with Crippen molar-refractivity contribution >= 4 is 0 Å². The summed E-state index contributed by atoms with van der Waals surface area (Å²) in [6, 6.07) is 9.69. The zero-order valence-corrected chi connectivity index (χ0v) is 12.5. The molecule has 0 heterocycles. The van der Waals surface area contributed by atoms with Gasteiger partial charge < -0.3 is 10.1 Å². The Hall–Kier alpha value is -1.02. The summed E-state index contributed by atoms with van der Waals surface area (Å²) in [4.78, 5) is 0. The van der Waals surface area contributed by atoms with Crippen molar-refractivity contribution in [2.24, 2.45) is 5.92 Å². The van der Waals surface area contributed by atoms with Crippen molar-refractivity contribution in [3.05, 3.63) is 29.8 Å². The largest absolute Gasteiger partial charge is 0.497 e. The van der Waals surface area contributed by atoms with Gasteiger partial charge in [0, 0.05) is 12.1 Å². The minimum atomic E-state index is 0.545. The highest BCUT2D eigenvalue weighted by atomic mass is 16.5. The average molecular weight is 261 g/mol. The highest BCUT2D eigenvalue weighted by Gasteiger charge is 2.19. The van der Waals surface area contributed by atoms with E-state index in [4.69, 9.17) is 4.74 Å². The van der Waals surface area contributed by atoms with Gasteiger partial charge in [0.05, 0.1) is 7.11 Å². The molecule has 0 spiro atoms. The molecule has 0 saturated heterocycles. The second-order valence-corrected chi connectivity index (χ2v) is 6.09. The van der Waals surface area contributed by atoms with Gasteiger partial charge in [-0.15, -0.1) is 0 Å². The molecule has 1 aliphatic carbocycles. The molecule has 0 aliphatic heterocycles. The van der Waals surface area contributed by atoms with Crippen molar-refractivity contribution in [1.29, 1.82) is 0 Å². The molecule has 3 unspecified atom stereocenters. The van der Waals surface area contributed by atoms with Gasteiger partial charge in [-0.1, -0.05) is 31.9 Å². The van der Waals surface area contributed by atoms with Crippen LogP contribution < -0.4 is 10.1 Å². The molecule has 3 atom stereocenters. The third kappa shape index (κ3) is 4.54. The molecule has 0 bridgehead atoms. The quantitative estimate of drug-likeness (QED) is 0.870. The Morgan fingerprint density at radius 2 is 2.00 bits per heavy atom. The Labute approximate surface area is 117 Å². The van der Waals surface area contributed by atoms with Gasteiger partial charge in [-0.25, -0.2) is 0 Å². The number of rotatable bonds is 5. The Morgan fingerprint density at radius 1 is 1.26 bits per heavy atom. The van der Waals surface area contributed by atoms with Crippen LogP contribution in [-0.4, -0.2) is 19.2 Å². The molecule has 1 aliphatic rings. The molecule has 106 valence electrons. The minimum absolute atomic E-state index is 0.545. The first-order valence-electron chi connectivity index (χ1n) is 7.56. The van der Waals surface area contributed by atoms with E-state index in [1.54, 1.807) is 7.11 Å². The summed E-state index contributed by atoms with van der Waals surface area (Å²) in [5, 5.41) is 3.80. The van der Waals surface area contributed by atoms with Crippen molar-refractivity contribution in [1.82, 2.24) is 5.32 Å². The van der Waals surface area contributed by atoms with Crippen LogP contribution in [0.3, 0.4) is 0 Å². The van der Waals surface area contributed by atoms with Crippen molar-refractivity contribution in [2.45, 2.75) is 58.0 Å². The van der Waals surface area contributed by atoms with E-state index in [9.17, 15) is 0 Å². The first-order valence-corrected chi connectivity index (χ1v) is 7.56. The van der Waals surface area contributed by atoms with E-state index < -0.39 is 0 Å². The molecule has 1 saturated carbocycles. The maximum absolute atomic E-state index is 5.19. The summed E-state index contributed by atoms with van der Waals surface area (Å²) in [5.41, 5.74) is 1.38. The number of hydrogen-bond acceptors (Lipinski definition) is 2. The van der Waals surface area contributed by atoms with Crippen LogP contribution in [0.5, 0.6) is 5.75 Å². The van der Waals surface area contributed by atoms with E-state index in [1.165, 1.54) is 31.2 Å². The van der Waals surface area contributed by atoms with Gasteiger partial charge in [0.25, 0.3) is 0 Å². The van der Waals surface area contributed by atoms with Gasteiger partial charge >= 0.3 is 0 Å². The Morgan fingerprint density at radius 3 is 2.63 bits per heavy atom. The van der Waals surface area contributed by atoms with Crippen LogP contribution in [0.4, 0.5) is 0 Å².